The molecule has 1 aliphatic rings. The molecule has 0 aromatic rings. The summed E-state index contributed by atoms with van der Waals surface area (Å²) in [5.74, 6) is -5.65. The van der Waals surface area contributed by atoms with Crippen molar-refractivity contribution in [2.75, 3.05) is 12.3 Å². The van der Waals surface area contributed by atoms with Gasteiger partial charge >= 0.3 is 11.9 Å². The molecule has 1 fully saturated rings. The van der Waals surface area contributed by atoms with Crippen molar-refractivity contribution in [3.05, 3.63) is 0 Å². The summed E-state index contributed by atoms with van der Waals surface area (Å²) in [4.78, 5) is 71.6. The summed E-state index contributed by atoms with van der Waals surface area (Å²) in [7, 11) is 0. The Bertz CT molecular complexity index is 733. The van der Waals surface area contributed by atoms with Crippen molar-refractivity contribution in [2.24, 2.45) is 11.5 Å². The average molecular weight is 461 g/mol. The number of amides is 4. The summed E-state index contributed by atoms with van der Waals surface area (Å²) in [6.07, 6.45) is -0.461. The first-order chi connectivity index (χ1) is 14.5. The van der Waals surface area contributed by atoms with Gasteiger partial charge in [0.25, 0.3) is 0 Å². The lowest BCUT2D eigenvalue weighted by molar-refractivity contribution is -0.145. The minimum absolute atomic E-state index is 0.116. The van der Waals surface area contributed by atoms with E-state index in [0.717, 1.165) is 0 Å². The van der Waals surface area contributed by atoms with E-state index in [0.29, 0.717) is 6.42 Å². The van der Waals surface area contributed by atoms with Crippen LogP contribution in [0.1, 0.15) is 32.1 Å². The number of carboxylic acids is 2. The van der Waals surface area contributed by atoms with Crippen LogP contribution < -0.4 is 22.1 Å². The van der Waals surface area contributed by atoms with Crippen LogP contribution in [0.4, 0.5) is 0 Å². The van der Waals surface area contributed by atoms with Crippen molar-refractivity contribution in [1.82, 2.24) is 15.5 Å². The van der Waals surface area contributed by atoms with Crippen molar-refractivity contribution in [3.63, 3.8) is 0 Å². The van der Waals surface area contributed by atoms with E-state index in [2.05, 4.69) is 23.3 Å². The van der Waals surface area contributed by atoms with Gasteiger partial charge in [-0.05, 0) is 19.3 Å². The summed E-state index contributed by atoms with van der Waals surface area (Å²) < 4.78 is 0. The fraction of sp³-hybridized carbons (Fsp3) is 0.647. The van der Waals surface area contributed by atoms with E-state index in [-0.39, 0.29) is 25.1 Å². The Labute approximate surface area is 183 Å². The molecule has 0 saturated carbocycles. The summed E-state index contributed by atoms with van der Waals surface area (Å²) in [6, 6.07) is -4.80. The highest BCUT2D eigenvalue weighted by atomic mass is 32.1. The third-order valence-corrected chi connectivity index (χ3v) is 5.02. The summed E-state index contributed by atoms with van der Waals surface area (Å²) in [5, 5.41) is 22.6. The lowest BCUT2D eigenvalue weighted by Gasteiger charge is -2.29. The predicted octanol–water partition coefficient (Wildman–Crippen LogP) is -2.97. The number of aliphatic carboxylic acids is 2. The fourth-order valence-electron chi connectivity index (χ4n) is 3.07. The van der Waals surface area contributed by atoms with Crippen molar-refractivity contribution >= 4 is 48.2 Å². The molecule has 0 radical (unpaired) electrons. The van der Waals surface area contributed by atoms with Gasteiger partial charge in [-0.25, -0.2) is 4.79 Å². The lowest BCUT2D eigenvalue weighted by atomic mass is 10.1. The van der Waals surface area contributed by atoms with Crippen LogP contribution in [0.15, 0.2) is 0 Å². The van der Waals surface area contributed by atoms with Crippen LogP contribution in [0.3, 0.4) is 0 Å². The van der Waals surface area contributed by atoms with Gasteiger partial charge in [0.15, 0.2) is 0 Å². The number of carbonyl (C=O) groups is 6. The summed E-state index contributed by atoms with van der Waals surface area (Å²) in [5.41, 5.74) is 10.6. The Balaban J connectivity index is 2.82. The van der Waals surface area contributed by atoms with E-state index in [1.165, 1.54) is 4.90 Å². The average Bonchev–Trinajstić information content (AvgIpc) is 3.17. The molecule has 0 aliphatic carbocycles. The van der Waals surface area contributed by atoms with Gasteiger partial charge in [0, 0.05) is 18.7 Å². The minimum atomic E-state index is -1.42. The minimum Gasteiger partial charge on any atom is -0.481 e. The van der Waals surface area contributed by atoms with Crippen molar-refractivity contribution in [3.8, 4) is 0 Å². The molecule has 14 heteroatoms. The number of primary amides is 1. The number of thiol groups is 1. The van der Waals surface area contributed by atoms with Crippen molar-refractivity contribution in [1.29, 1.82) is 0 Å². The lowest BCUT2D eigenvalue weighted by Crippen LogP contribution is -2.57. The molecular weight excluding hydrogens is 434 g/mol. The van der Waals surface area contributed by atoms with Gasteiger partial charge < -0.3 is 37.2 Å². The second kappa shape index (κ2) is 12.1. The molecule has 4 amide bonds. The summed E-state index contributed by atoms with van der Waals surface area (Å²) in [6.45, 7) is 0.192. The van der Waals surface area contributed by atoms with Crippen LogP contribution in [0.5, 0.6) is 0 Å². The molecule has 0 spiro atoms. The number of nitrogens with zero attached hydrogens (tertiary/aromatic N) is 1. The zero-order valence-electron chi connectivity index (χ0n) is 16.7. The highest BCUT2D eigenvalue weighted by Crippen LogP contribution is 2.19. The molecule has 0 bridgehead atoms. The topological polar surface area (TPSA) is 222 Å². The Morgan fingerprint density at radius 1 is 1.10 bits per heavy atom. The zero-order valence-corrected chi connectivity index (χ0v) is 17.5. The Hall–Kier alpha value is -2.87. The number of nitrogens with one attached hydrogen (secondary N) is 2. The second-order valence-electron chi connectivity index (χ2n) is 7.04. The highest BCUT2D eigenvalue weighted by Gasteiger charge is 2.38. The predicted molar refractivity (Wildman–Crippen MR) is 109 cm³/mol. The fourth-order valence-corrected chi connectivity index (χ4v) is 3.32. The van der Waals surface area contributed by atoms with Gasteiger partial charge in [-0.15, -0.1) is 0 Å². The standard InChI is InChI=1S/C17H27N5O8S/c18-8(6-12(19)23)14(26)21-10(7-31)16(28)22-5-1-2-11(22)15(27)20-9(17(29)30)3-4-13(24)25/h8-11,31H,1-7,18H2,(H2,19,23)(H,20,27)(H,21,26)(H,24,25)(H,29,30). The molecule has 4 unspecified atom stereocenters. The smallest absolute Gasteiger partial charge is 0.326 e. The highest BCUT2D eigenvalue weighted by molar-refractivity contribution is 7.80. The monoisotopic (exact) mass is 461 g/mol. The molecule has 174 valence electrons. The molecule has 0 aromatic carbocycles. The molecule has 1 heterocycles. The quantitative estimate of drug-likeness (QED) is 0.147. The number of rotatable bonds is 12. The number of likely N-dealkylation sites (tertiary alicyclic amines) is 1. The normalized spacial score (nSPS) is 18.5. The first-order valence-corrected chi connectivity index (χ1v) is 10.1. The maximum Gasteiger partial charge on any atom is 0.326 e. The molecule has 1 aliphatic heterocycles. The third-order valence-electron chi connectivity index (χ3n) is 4.66. The van der Waals surface area contributed by atoms with Crippen LogP contribution in [0, 0.1) is 0 Å². The maximum atomic E-state index is 12.9. The van der Waals surface area contributed by atoms with E-state index in [4.69, 9.17) is 16.6 Å². The van der Waals surface area contributed by atoms with Crippen LogP contribution in [0.2, 0.25) is 0 Å². The van der Waals surface area contributed by atoms with Gasteiger partial charge in [0.2, 0.25) is 23.6 Å². The first kappa shape index (κ1) is 26.2. The molecule has 13 nitrogen and oxygen atoms in total. The number of hydrogen-bond acceptors (Lipinski definition) is 8. The molecule has 0 aromatic heterocycles. The number of carbonyl (C=O) groups excluding carboxylic acids is 4. The van der Waals surface area contributed by atoms with Gasteiger partial charge in [-0.3, -0.25) is 24.0 Å². The van der Waals surface area contributed by atoms with E-state index in [1.54, 1.807) is 0 Å². The van der Waals surface area contributed by atoms with Crippen molar-refractivity contribution < 1.29 is 39.0 Å². The molecule has 8 N–H and O–H groups in total. The van der Waals surface area contributed by atoms with Gasteiger partial charge in [0.05, 0.1) is 12.5 Å². The number of carboxylic acid groups (broad SMARTS) is 2. The number of hydrogen-bond donors (Lipinski definition) is 7. The second-order valence-corrected chi connectivity index (χ2v) is 7.41. The van der Waals surface area contributed by atoms with Crippen LogP contribution >= 0.6 is 12.6 Å². The van der Waals surface area contributed by atoms with E-state index < -0.39 is 72.6 Å². The van der Waals surface area contributed by atoms with E-state index in [9.17, 15) is 33.9 Å². The van der Waals surface area contributed by atoms with Gasteiger partial charge in [0.1, 0.15) is 18.1 Å². The third kappa shape index (κ3) is 8.05. The van der Waals surface area contributed by atoms with Crippen LogP contribution in [-0.4, -0.2) is 87.1 Å². The Morgan fingerprint density at radius 3 is 2.26 bits per heavy atom. The number of nitrogens with two attached hydrogens (primary N) is 2. The van der Waals surface area contributed by atoms with Gasteiger partial charge in [-0.2, -0.15) is 12.6 Å². The van der Waals surface area contributed by atoms with Crippen LogP contribution in [0.25, 0.3) is 0 Å². The van der Waals surface area contributed by atoms with Crippen LogP contribution in [-0.2, 0) is 28.8 Å². The maximum absolute atomic E-state index is 12.9. The molecular formula is C17H27N5O8S. The molecule has 4 atom stereocenters. The SMILES string of the molecule is NC(=O)CC(N)C(=O)NC(CS)C(=O)N1CCCC1C(=O)NC(CCC(=O)O)C(=O)O. The van der Waals surface area contributed by atoms with E-state index in [1.807, 2.05) is 0 Å². The van der Waals surface area contributed by atoms with E-state index >= 15 is 0 Å². The summed E-state index contributed by atoms with van der Waals surface area (Å²) >= 11 is 4.04. The van der Waals surface area contributed by atoms with Crippen molar-refractivity contribution in [2.45, 2.75) is 56.3 Å². The van der Waals surface area contributed by atoms with Gasteiger partial charge in [-0.1, -0.05) is 0 Å². The molecule has 1 saturated heterocycles. The Kier molecular flexibility index (Phi) is 10.2. The zero-order chi connectivity index (χ0) is 23.7. The largest absolute Gasteiger partial charge is 0.481 e. The molecule has 31 heavy (non-hydrogen) atoms. The first-order valence-electron chi connectivity index (χ1n) is 9.48. The Morgan fingerprint density at radius 2 is 1.74 bits per heavy atom. The molecule has 1 rings (SSSR count).